The van der Waals surface area contributed by atoms with E-state index in [1.54, 1.807) is 14.2 Å². The zero-order valence-corrected chi connectivity index (χ0v) is 11.8. The van der Waals surface area contributed by atoms with Crippen molar-refractivity contribution in [2.24, 2.45) is 5.92 Å². The fourth-order valence-electron chi connectivity index (χ4n) is 2.00. The van der Waals surface area contributed by atoms with Gasteiger partial charge in [-0.15, -0.1) is 0 Å². The van der Waals surface area contributed by atoms with Gasteiger partial charge in [-0.3, -0.25) is 0 Å². The SMILES string of the molecule is CNC(Cc1ccc(OC)nc1)C(C)CCOC. The third kappa shape index (κ3) is 4.63. The number of rotatable bonds is 8. The summed E-state index contributed by atoms with van der Waals surface area (Å²) in [5.74, 6) is 1.23. The van der Waals surface area contributed by atoms with Crippen LogP contribution in [0.4, 0.5) is 0 Å². The van der Waals surface area contributed by atoms with E-state index in [0.29, 0.717) is 17.8 Å². The molecule has 0 amide bonds. The molecule has 0 fully saturated rings. The summed E-state index contributed by atoms with van der Waals surface area (Å²) in [4.78, 5) is 4.23. The number of nitrogens with one attached hydrogen (secondary N) is 1. The molecule has 0 saturated heterocycles. The fourth-order valence-corrected chi connectivity index (χ4v) is 2.00. The van der Waals surface area contributed by atoms with E-state index in [4.69, 9.17) is 9.47 Å². The lowest BCUT2D eigenvalue weighted by atomic mass is 9.93. The van der Waals surface area contributed by atoms with E-state index in [1.165, 1.54) is 5.56 Å². The highest BCUT2D eigenvalue weighted by Crippen LogP contribution is 2.15. The van der Waals surface area contributed by atoms with Crippen molar-refractivity contribution in [1.29, 1.82) is 0 Å². The number of nitrogens with zero attached hydrogens (tertiary/aromatic N) is 1. The minimum absolute atomic E-state index is 0.440. The minimum atomic E-state index is 0.440. The topological polar surface area (TPSA) is 43.4 Å². The number of methoxy groups -OCH3 is 2. The van der Waals surface area contributed by atoms with Crippen LogP contribution < -0.4 is 10.1 Å². The first-order valence-electron chi connectivity index (χ1n) is 6.36. The van der Waals surface area contributed by atoms with E-state index in [1.807, 2.05) is 19.3 Å². The Bertz CT molecular complexity index is 327. The normalized spacial score (nSPS) is 14.2. The fraction of sp³-hybridized carbons (Fsp3) is 0.643. The Balaban J connectivity index is 2.55. The molecule has 1 aromatic heterocycles. The predicted molar refractivity (Wildman–Crippen MR) is 73.0 cm³/mol. The second-order valence-electron chi connectivity index (χ2n) is 4.57. The third-order valence-electron chi connectivity index (χ3n) is 3.30. The Morgan fingerprint density at radius 2 is 2.11 bits per heavy atom. The first kappa shape index (κ1) is 14.9. The molecule has 0 aliphatic heterocycles. The van der Waals surface area contributed by atoms with Crippen LogP contribution in [-0.2, 0) is 11.2 Å². The van der Waals surface area contributed by atoms with Gasteiger partial charge in [-0.2, -0.15) is 0 Å². The van der Waals surface area contributed by atoms with Crippen LogP contribution in [0.15, 0.2) is 18.3 Å². The predicted octanol–water partition coefficient (Wildman–Crippen LogP) is 1.89. The van der Waals surface area contributed by atoms with Gasteiger partial charge in [0.25, 0.3) is 0 Å². The van der Waals surface area contributed by atoms with Crippen molar-refractivity contribution in [3.05, 3.63) is 23.9 Å². The summed E-state index contributed by atoms with van der Waals surface area (Å²) < 4.78 is 10.2. The van der Waals surface area contributed by atoms with Gasteiger partial charge in [0.1, 0.15) is 0 Å². The van der Waals surface area contributed by atoms with Crippen molar-refractivity contribution in [2.75, 3.05) is 27.9 Å². The summed E-state index contributed by atoms with van der Waals surface area (Å²) in [5.41, 5.74) is 1.22. The lowest BCUT2D eigenvalue weighted by Gasteiger charge is -2.23. The van der Waals surface area contributed by atoms with Crippen LogP contribution in [0.2, 0.25) is 0 Å². The zero-order valence-electron chi connectivity index (χ0n) is 11.8. The van der Waals surface area contributed by atoms with E-state index in [2.05, 4.69) is 23.3 Å². The van der Waals surface area contributed by atoms with Crippen LogP contribution in [0, 0.1) is 5.92 Å². The Morgan fingerprint density at radius 1 is 1.33 bits per heavy atom. The summed E-state index contributed by atoms with van der Waals surface area (Å²) in [5, 5.41) is 3.37. The van der Waals surface area contributed by atoms with Crippen LogP contribution in [0.5, 0.6) is 5.88 Å². The molecule has 0 aromatic carbocycles. The number of hydrogen-bond donors (Lipinski definition) is 1. The molecular formula is C14H24N2O2. The van der Waals surface area contributed by atoms with Crippen molar-refractivity contribution in [3.63, 3.8) is 0 Å². The molecule has 0 saturated carbocycles. The number of ether oxygens (including phenoxy) is 2. The first-order valence-corrected chi connectivity index (χ1v) is 6.36. The van der Waals surface area contributed by atoms with Crippen molar-refractivity contribution < 1.29 is 9.47 Å². The van der Waals surface area contributed by atoms with Crippen LogP contribution >= 0.6 is 0 Å². The first-order chi connectivity index (χ1) is 8.71. The molecule has 1 heterocycles. The van der Waals surface area contributed by atoms with Gasteiger partial charge in [-0.1, -0.05) is 13.0 Å². The summed E-state index contributed by atoms with van der Waals surface area (Å²) in [6, 6.07) is 4.41. The maximum atomic E-state index is 5.13. The smallest absolute Gasteiger partial charge is 0.212 e. The van der Waals surface area contributed by atoms with Crippen LogP contribution in [0.3, 0.4) is 0 Å². The highest BCUT2D eigenvalue weighted by atomic mass is 16.5. The lowest BCUT2D eigenvalue weighted by molar-refractivity contribution is 0.171. The second-order valence-corrected chi connectivity index (χ2v) is 4.57. The van der Waals surface area contributed by atoms with Gasteiger partial charge in [-0.05, 0) is 31.4 Å². The van der Waals surface area contributed by atoms with Gasteiger partial charge < -0.3 is 14.8 Å². The van der Waals surface area contributed by atoms with E-state index < -0.39 is 0 Å². The van der Waals surface area contributed by atoms with Crippen LogP contribution in [0.1, 0.15) is 18.9 Å². The molecule has 4 nitrogen and oxygen atoms in total. The molecule has 1 aromatic rings. The van der Waals surface area contributed by atoms with Gasteiger partial charge in [-0.25, -0.2) is 4.98 Å². The molecular weight excluding hydrogens is 228 g/mol. The standard InChI is InChI=1S/C14H24N2O2/c1-11(7-8-17-3)13(15-2)9-12-5-6-14(18-4)16-10-12/h5-6,10-11,13,15H,7-9H2,1-4H3. The summed E-state index contributed by atoms with van der Waals surface area (Å²) in [7, 11) is 5.38. The van der Waals surface area contributed by atoms with Crippen molar-refractivity contribution >= 4 is 0 Å². The van der Waals surface area contributed by atoms with Gasteiger partial charge in [0, 0.05) is 32.0 Å². The second kappa shape index (κ2) is 8.06. The van der Waals surface area contributed by atoms with Crippen molar-refractivity contribution in [1.82, 2.24) is 10.3 Å². The van der Waals surface area contributed by atoms with Crippen LogP contribution in [0.25, 0.3) is 0 Å². The Kier molecular flexibility index (Phi) is 6.68. The summed E-state index contributed by atoms with van der Waals surface area (Å²) in [6.07, 6.45) is 3.91. The van der Waals surface area contributed by atoms with E-state index in [9.17, 15) is 0 Å². The van der Waals surface area contributed by atoms with E-state index in [0.717, 1.165) is 19.4 Å². The molecule has 0 radical (unpaired) electrons. The molecule has 2 atom stereocenters. The van der Waals surface area contributed by atoms with Gasteiger partial charge in [0.15, 0.2) is 0 Å². The molecule has 0 spiro atoms. The van der Waals surface area contributed by atoms with Crippen LogP contribution in [-0.4, -0.2) is 38.9 Å². The molecule has 4 heteroatoms. The molecule has 18 heavy (non-hydrogen) atoms. The van der Waals surface area contributed by atoms with Gasteiger partial charge >= 0.3 is 0 Å². The molecule has 1 rings (SSSR count). The maximum Gasteiger partial charge on any atom is 0.212 e. The summed E-state index contributed by atoms with van der Waals surface area (Å²) in [6.45, 7) is 3.05. The molecule has 0 bridgehead atoms. The lowest BCUT2D eigenvalue weighted by Crippen LogP contribution is -2.34. The van der Waals surface area contributed by atoms with Crippen molar-refractivity contribution in [3.8, 4) is 5.88 Å². The maximum absolute atomic E-state index is 5.13. The molecule has 0 aliphatic carbocycles. The molecule has 0 aliphatic rings. The molecule has 2 unspecified atom stereocenters. The third-order valence-corrected chi connectivity index (χ3v) is 3.30. The number of aromatic nitrogens is 1. The van der Waals surface area contributed by atoms with Crippen molar-refractivity contribution in [2.45, 2.75) is 25.8 Å². The Morgan fingerprint density at radius 3 is 2.61 bits per heavy atom. The zero-order chi connectivity index (χ0) is 13.4. The molecule has 1 N–H and O–H groups in total. The largest absolute Gasteiger partial charge is 0.481 e. The number of likely N-dealkylation sites (N-methyl/N-ethyl adjacent to an activating group) is 1. The average Bonchev–Trinajstić information content (AvgIpc) is 2.42. The Labute approximate surface area is 110 Å². The minimum Gasteiger partial charge on any atom is -0.481 e. The van der Waals surface area contributed by atoms with E-state index in [-0.39, 0.29) is 0 Å². The van der Waals surface area contributed by atoms with Gasteiger partial charge in [0.05, 0.1) is 7.11 Å². The number of hydrogen-bond acceptors (Lipinski definition) is 4. The number of pyridine rings is 1. The quantitative estimate of drug-likeness (QED) is 0.767. The van der Waals surface area contributed by atoms with Gasteiger partial charge in [0.2, 0.25) is 5.88 Å². The highest BCUT2D eigenvalue weighted by molar-refractivity contribution is 5.18. The monoisotopic (exact) mass is 252 g/mol. The average molecular weight is 252 g/mol. The highest BCUT2D eigenvalue weighted by Gasteiger charge is 2.15. The van der Waals surface area contributed by atoms with E-state index >= 15 is 0 Å². The Hall–Kier alpha value is -1.13. The molecule has 102 valence electrons. The summed E-state index contributed by atoms with van der Waals surface area (Å²) >= 11 is 0.